The highest BCUT2D eigenvalue weighted by molar-refractivity contribution is 6.84. The van der Waals surface area contributed by atoms with Crippen LogP contribution in [0.4, 0.5) is 4.79 Å². The highest BCUT2D eigenvalue weighted by Crippen LogP contribution is 2.24. The first-order valence-electron chi connectivity index (χ1n) is 10.5. The molecule has 0 saturated carbocycles. The van der Waals surface area contributed by atoms with E-state index in [2.05, 4.69) is 45.0 Å². The van der Waals surface area contributed by atoms with Gasteiger partial charge in [-0.15, -0.1) is 0 Å². The maximum atomic E-state index is 11.5. The summed E-state index contributed by atoms with van der Waals surface area (Å²) in [6.45, 7) is 17.9. The van der Waals surface area contributed by atoms with Crippen molar-refractivity contribution in [1.82, 2.24) is 5.32 Å². The molecule has 0 aliphatic rings. The number of amides is 1. The van der Waals surface area contributed by atoms with Crippen LogP contribution in [0.15, 0.2) is 12.2 Å². The molecular formula is C20H41NO6Si2. The first-order chi connectivity index (χ1) is 13.5. The number of esters is 1. The van der Waals surface area contributed by atoms with Gasteiger partial charge in [0.25, 0.3) is 0 Å². The number of alkyl carbamates (subject to hydrolysis) is 1. The molecule has 0 unspecified atom stereocenters. The highest BCUT2D eigenvalue weighted by Gasteiger charge is 2.31. The van der Waals surface area contributed by atoms with Gasteiger partial charge in [0.2, 0.25) is 0 Å². The molecule has 0 heterocycles. The van der Waals surface area contributed by atoms with Crippen molar-refractivity contribution in [3.05, 3.63) is 12.2 Å². The Morgan fingerprint density at radius 2 is 1.52 bits per heavy atom. The van der Waals surface area contributed by atoms with E-state index in [-0.39, 0.29) is 19.8 Å². The number of rotatable bonds is 16. The number of carbonyl (C=O) groups excluding carboxylic acids is 2. The van der Waals surface area contributed by atoms with Crippen LogP contribution in [0.25, 0.3) is 0 Å². The predicted octanol–water partition coefficient (Wildman–Crippen LogP) is 4.47. The number of unbranched alkanes of at least 4 members (excludes halogenated alkanes) is 1. The molecular weight excluding hydrogens is 406 g/mol. The second kappa shape index (κ2) is 14.8. The summed E-state index contributed by atoms with van der Waals surface area (Å²) in [7, 11) is -3.22. The van der Waals surface area contributed by atoms with Gasteiger partial charge in [-0.05, 0) is 51.6 Å². The Labute approximate surface area is 178 Å². The van der Waals surface area contributed by atoms with Crippen molar-refractivity contribution in [2.75, 3.05) is 33.0 Å². The predicted molar refractivity (Wildman–Crippen MR) is 121 cm³/mol. The van der Waals surface area contributed by atoms with Crippen LogP contribution in [-0.2, 0) is 23.1 Å². The largest absolute Gasteiger partial charge is 0.460 e. The van der Waals surface area contributed by atoms with Crippen LogP contribution in [0, 0.1) is 0 Å². The third-order valence-electron chi connectivity index (χ3n) is 4.17. The lowest BCUT2D eigenvalue weighted by Crippen LogP contribution is -2.44. The van der Waals surface area contributed by atoms with Crippen molar-refractivity contribution in [3.63, 3.8) is 0 Å². The van der Waals surface area contributed by atoms with Crippen molar-refractivity contribution in [3.8, 4) is 0 Å². The lowest BCUT2D eigenvalue weighted by molar-refractivity contribution is -0.138. The van der Waals surface area contributed by atoms with Crippen LogP contribution < -0.4 is 5.32 Å². The molecule has 0 aromatic heterocycles. The molecule has 7 nitrogen and oxygen atoms in total. The van der Waals surface area contributed by atoms with E-state index in [1.165, 1.54) is 18.9 Å². The molecule has 0 fully saturated rings. The van der Waals surface area contributed by atoms with Crippen LogP contribution >= 0.6 is 0 Å². The van der Waals surface area contributed by atoms with Gasteiger partial charge in [0.05, 0.1) is 13.2 Å². The van der Waals surface area contributed by atoms with Crippen molar-refractivity contribution < 1.29 is 27.9 Å². The minimum Gasteiger partial charge on any atom is -0.460 e. The van der Waals surface area contributed by atoms with Crippen LogP contribution in [0.5, 0.6) is 0 Å². The molecule has 0 aliphatic heterocycles. The minimum atomic E-state index is -1.66. The fourth-order valence-corrected chi connectivity index (χ4v) is 11.8. The molecule has 29 heavy (non-hydrogen) atoms. The molecule has 0 atom stereocenters. The third-order valence-corrected chi connectivity index (χ3v) is 11.7. The van der Waals surface area contributed by atoms with Gasteiger partial charge >= 0.3 is 12.1 Å². The molecule has 0 bridgehead atoms. The maximum absolute atomic E-state index is 11.5. The van der Waals surface area contributed by atoms with E-state index in [1.807, 2.05) is 0 Å². The van der Waals surface area contributed by atoms with Gasteiger partial charge in [0.15, 0.2) is 16.6 Å². The Bertz CT molecular complexity index is 511. The Balaban J connectivity index is 3.72. The first kappa shape index (κ1) is 27.8. The molecule has 1 N–H and O–H groups in total. The topological polar surface area (TPSA) is 83.1 Å². The summed E-state index contributed by atoms with van der Waals surface area (Å²) in [5.74, 6) is -0.475. The van der Waals surface area contributed by atoms with Gasteiger partial charge in [-0.3, -0.25) is 0 Å². The van der Waals surface area contributed by atoms with E-state index in [0.29, 0.717) is 18.8 Å². The number of hydrogen-bond donors (Lipinski definition) is 1. The van der Waals surface area contributed by atoms with Crippen molar-refractivity contribution >= 4 is 28.7 Å². The monoisotopic (exact) mass is 447 g/mol. The quantitative estimate of drug-likeness (QED) is 0.163. The Kier molecular flexibility index (Phi) is 14.2. The maximum Gasteiger partial charge on any atom is 0.407 e. The van der Waals surface area contributed by atoms with E-state index in [1.54, 1.807) is 6.92 Å². The zero-order valence-corrected chi connectivity index (χ0v) is 21.2. The fourth-order valence-electron chi connectivity index (χ4n) is 2.82. The van der Waals surface area contributed by atoms with Gasteiger partial charge in [-0.2, -0.15) is 0 Å². The van der Waals surface area contributed by atoms with Gasteiger partial charge in [0, 0.05) is 12.2 Å². The van der Waals surface area contributed by atoms with Gasteiger partial charge in [-0.1, -0.05) is 26.3 Å². The molecule has 170 valence electrons. The number of nitrogens with one attached hydrogen (secondary N) is 1. The Hall–Kier alpha value is -1.17. The van der Waals surface area contributed by atoms with Crippen LogP contribution in [-0.4, -0.2) is 61.7 Å². The van der Waals surface area contributed by atoms with Crippen molar-refractivity contribution in [2.24, 2.45) is 0 Å². The lowest BCUT2D eigenvalue weighted by Gasteiger charge is -2.34. The van der Waals surface area contributed by atoms with Crippen LogP contribution in [0.1, 0.15) is 33.1 Å². The smallest absolute Gasteiger partial charge is 0.407 e. The average molecular weight is 448 g/mol. The van der Waals surface area contributed by atoms with Crippen molar-refractivity contribution in [2.45, 2.75) is 71.4 Å². The standard InChI is InChI=1S/C20H41NO6Si2/c1-8-9-16-28(4,5)27-29(6,7)17-10-12-24-14-15-26-20(23)21-11-13-25-19(22)18(2)3/h2,8-17H2,1,3-7H3,(H,21,23). The van der Waals surface area contributed by atoms with Gasteiger partial charge in [-0.25, -0.2) is 9.59 Å². The van der Waals surface area contributed by atoms with Gasteiger partial charge < -0.3 is 23.6 Å². The van der Waals surface area contributed by atoms with E-state index in [9.17, 15) is 9.59 Å². The molecule has 1 amide bonds. The summed E-state index contributed by atoms with van der Waals surface area (Å²) in [6.07, 6.45) is 2.87. The summed E-state index contributed by atoms with van der Waals surface area (Å²) in [5.41, 5.74) is 0.324. The minimum absolute atomic E-state index is 0.0805. The molecule has 0 radical (unpaired) electrons. The zero-order valence-electron chi connectivity index (χ0n) is 19.2. The third kappa shape index (κ3) is 16.3. The molecule has 0 spiro atoms. The molecule has 0 aromatic carbocycles. The fraction of sp³-hybridized carbons (Fsp3) is 0.800. The van der Waals surface area contributed by atoms with E-state index in [4.69, 9.17) is 18.3 Å². The number of hydrogen-bond acceptors (Lipinski definition) is 6. The van der Waals surface area contributed by atoms with E-state index >= 15 is 0 Å². The van der Waals surface area contributed by atoms with Crippen LogP contribution in [0.3, 0.4) is 0 Å². The summed E-state index contributed by atoms with van der Waals surface area (Å²) in [6, 6.07) is 2.30. The molecule has 0 rings (SSSR count). The summed E-state index contributed by atoms with van der Waals surface area (Å²) < 4.78 is 22.0. The van der Waals surface area contributed by atoms with Gasteiger partial charge in [0.1, 0.15) is 13.2 Å². The van der Waals surface area contributed by atoms with E-state index in [0.717, 1.165) is 12.5 Å². The normalized spacial score (nSPS) is 11.8. The molecule has 0 aromatic rings. The van der Waals surface area contributed by atoms with E-state index < -0.39 is 28.7 Å². The molecule has 0 aliphatic carbocycles. The molecule has 0 saturated heterocycles. The molecule has 9 heteroatoms. The average Bonchev–Trinajstić information content (AvgIpc) is 2.61. The second-order valence-electron chi connectivity index (χ2n) is 8.42. The summed E-state index contributed by atoms with van der Waals surface area (Å²) in [4.78, 5) is 22.7. The lowest BCUT2D eigenvalue weighted by atomic mass is 10.4. The van der Waals surface area contributed by atoms with Crippen molar-refractivity contribution in [1.29, 1.82) is 0 Å². The second-order valence-corrected chi connectivity index (χ2v) is 17.3. The zero-order chi connectivity index (χ0) is 22.3. The number of carbonyl (C=O) groups is 2. The Morgan fingerprint density at radius 1 is 0.897 bits per heavy atom. The first-order valence-corrected chi connectivity index (χ1v) is 16.7. The SMILES string of the molecule is C=C(C)C(=O)OCCNC(=O)OCCOCCC[Si](C)(C)O[Si](C)(C)CCCC. The Morgan fingerprint density at radius 3 is 2.10 bits per heavy atom. The highest BCUT2D eigenvalue weighted by atomic mass is 28.4. The summed E-state index contributed by atoms with van der Waals surface area (Å²) in [5, 5.41) is 2.50. The van der Waals surface area contributed by atoms with Crippen LogP contribution in [0.2, 0.25) is 38.3 Å². The summed E-state index contributed by atoms with van der Waals surface area (Å²) >= 11 is 0. The number of ether oxygens (including phenoxy) is 3.